The van der Waals surface area contributed by atoms with Crippen LogP contribution in [0.15, 0.2) is 0 Å². The molecule has 5 heteroatoms. The molecule has 118 valence electrons. The molecular weight excluding hydrogens is 282 g/mol. The fourth-order valence-corrected chi connectivity index (χ4v) is 4.46. The van der Waals surface area contributed by atoms with E-state index in [0.29, 0.717) is 12.0 Å². The average molecular weight is 309 g/mol. The number of rotatable bonds is 5. The topological polar surface area (TPSA) is 46.9 Å². The van der Waals surface area contributed by atoms with Crippen molar-refractivity contribution in [1.82, 2.24) is 14.9 Å². The second-order valence-corrected chi connectivity index (χ2v) is 8.11. The molecule has 0 saturated heterocycles. The monoisotopic (exact) mass is 309 g/mol. The van der Waals surface area contributed by atoms with Gasteiger partial charge in [-0.1, -0.05) is 12.8 Å². The summed E-state index contributed by atoms with van der Waals surface area (Å²) in [5, 5.41) is 3.44. The summed E-state index contributed by atoms with van der Waals surface area (Å²) in [4.78, 5) is 5.01. The third-order valence-corrected chi connectivity index (χ3v) is 5.75. The predicted octanol–water partition coefficient (Wildman–Crippen LogP) is 2.52. The minimum atomic E-state index is -0.704. The standard InChI is InChI=1S/C16H27N3OS/c1-12(8-10-21(2)20)19-15-7-9-17-11-14(15)18-16(19)13-5-3-4-6-13/h12-13,17H,3-11H2,1-2H3. The lowest BCUT2D eigenvalue weighted by molar-refractivity contribution is 0.464. The van der Waals surface area contributed by atoms with Crippen molar-refractivity contribution >= 4 is 10.8 Å². The third-order valence-electron chi connectivity index (χ3n) is 4.94. The second-order valence-electron chi connectivity index (χ2n) is 6.56. The van der Waals surface area contributed by atoms with Crippen LogP contribution in [0.4, 0.5) is 0 Å². The Hall–Kier alpha value is -0.680. The molecule has 2 atom stereocenters. The first-order valence-electron chi connectivity index (χ1n) is 8.27. The zero-order chi connectivity index (χ0) is 14.8. The van der Waals surface area contributed by atoms with Crippen LogP contribution in [0.3, 0.4) is 0 Å². The van der Waals surface area contributed by atoms with Gasteiger partial charge in [0.25, 0.3) is 0 Å². The second kappa shape index (κ2) is 6.61. The lowest BCUT2D eigenvalue weighted by Crippen LogP contribution is -2.26. The fourth-order valence-electron chi connectivity index (χ4n) is 3.78. The molecule has 4 nitrogen and oxygen atoms in total. The Bertz CT molecular complexity index is 520. The maximum Gasteiger partial charge on any atom is 0.112 e. The molecule has 1 saturated carbocycles. The van der Waals surface area contributed by atoms with Gasteiger partial charge >= 0.3 is 0 Å². The van der Waals surface area contributed by atoms with Gasteiger partial charge in [0.15, 0.2) is 0 Å². The first-order valence-corrected chi connectivity index (χ1v) is 10.00. The number of nitrogens with one attached hydrogen (secondary N) is 1. The van der Waals surface area contributed by atoms with E-state index in [1.165, 1.54) is 42.9 Å². The molecule has 1 aliphatic heterocycles. The summed E-state index contributed by atoms with van der Waals surface area (Å²) in [5.41, 5.74) is 2.69. The van der Waals surface area contributed by atoms with Crippen LogP contribution >= 0.6 is 0 Å². The van der Waals surface area contributed by atoms with Crippen molar-refractivity contribution in [1.29, 1.82) is 0 Å². The highest BCUT2D eigenvalue weighted by molar-refractivity contribution is 7.84. The van der Waals surface area contributed by atoms with Gasteiger partial charge in [-0.05, 0) is 26.2 Å². The zero-order valence-electron chi connectivity index (χ0n) is 13.2. The summed E-state index contributed by atoms with van der Waals surface area (Å²) in [7, 11) is -0.704. The van der Waals surface area contributed by atoms with Crippen molar-refractivity contribution in [3.05, 3.63) is 17.2 Å². The summed E-state index contributed by atoms with van der Waals surface area (Å²) in [5.74, 6) is 2.75. The van der Waals surface area contributed by atoms with E-state index >= 15 is 0 Å². The molecule has 0 aromatic carbocycles. The summed E-state index contributed by atoms with van der Waals surface area (Å²) in [6.45, 7) is 4.24. The van der Waals surface area contributed by atoms with E-state index in [9.17, 15) is 4.21 Å². The molecule has 1 aromatic rings. The van der Waals surface area contributed by atoms with Gasteiger partial charge in [0, 0.05) is 60.0 Å². The van der Waals surface area contributed by atoms with Gasteiger partial charge in [0.1, 0.15) is 5.82 Å². The van der Waals surface area contributed by atoms with Gasteiger partial charge in [-0.3, -0.25) is 4.21 Å². The van der Waals surface area contributed by atoms with E-state index in [1.54, 1.807) is 6.26 Å². The smallest absolute Gasteiger partial charge is 0.112 e. The average Bonchev–Trinajstić information content (AvgIpc) is 3.11. The fraction of sp³-hybridized carbons (Fsp3) is 0.812. The number of nitrogens with zero attached hydrogens (tertiary/aromatic N) is 2. The minimum Gasteiger partial charge on any atom is -0.329 e. The number of hydrogen-bond donors (Lipinski definition) is 1. The number of fused-ring (bicyclic) bond motifs is 1. The van der Waals surface area contributed by atoms with Crippen molar-refractivity contribution in [2.75, 3.05) is 18.6 Å². The Morgan fingerprint density at radius 1 is 1.43 bits per heavy atom. The Balaban J connectivity index is 1.91. The van der Waals surface area contributed by atoms with Crippen molar-refractivity contribution in [2.24, 2.45) is 0 Å². The van der Waals surface area contributed by atoms with Crippen LogP contribution in [-0.2, 0) is 23.8 Å². The van der Waals surface area contributed by atoms with Crippen molar-refractivity contribution in [3.63, 3.8) is 0 Å². The molecule has 0 spiro atoms. The van der Waals surface area contributed by atoms with Gasteiger partial charge in [0.2, 0.25) is 0 Å². The van der Waals surface area contributed by atoms with E-state index < -0.39 is 10.8 Å². The van der Waals surface area contributed by atoms with Crippen LogP contribution in [-0.4, -0.2) is 32.3 Å². The normalized spacial score (nSPS) is 22.2. The van der Waals surface area contributed by atoms with Gasteiger partial charge < -0.3 is 9.88 Å². The Morgan fingerprint density at radius 3 is 2.90 bits per heavy atom. The van der Waals surface area contributed by atoms with E-state index in [2.05, 4.69) is 16.8 Å². The SMILES string of the molecule is CC(CCS(C)=O)n1c(C2CCCC2)nc2c1CCNC2. The largest absolute Gasteiger partial charge is 0.329 e. The minimum absolute atomic E-state index is 0.416. The summed E-state index contributed by atoms with van der Waals surface area (Å²) < 4.78 is 13.9. The molecule has 3 rings (SSSR count). The Kier molecular flexibility index (Phi) is 4.79. The molecule has 1 aliphatic carbocycles. The van der Waals surface area contributed by atoms with Gasteiger partial charge in [-0.15, -0.1) is 0 Å². The van der Waals surface area contributed by atoms with Crippen LogP contribution < -0.4 is 5.32 Å². The molecule has 21 heavy (non-hydrogen) atoms. The number of aromatic nitrogens is 2. The van der Waals surface area contributed by atoms with E-state index in [-0.39, 0.29) is 0 Å². The zero-order valence-corrected chi connectivity index (χ0v) is 14.0. The van der Waals surface area contributed by atoms with E-state index in [4.69, 9.17) is 4.98 Å². The molecule has 1 N–H and O–H groups in total. The molecule has 2 heterocycles. The predicted molar refractivity (Wildman–Crippen MR) is 87.1 cm³/mol. The Morgan fingerprint density at radius 2 is 2.19 bits per heavy atom. The summed E-state index contributed by atoms with van der Waals surface area (Å²) in [6.07, 6.45) is 9.12. The lowest BCUT2D eigenvalue weighted by atomic mass is 10.1. The van der Waals surface area contributed by atoms with Crippen LogP contribution in [0.2, 0.25) is 0 Å². The van der Waals surface area contributed by atoms with E-state index in [1.807, 2.05) is 0 Å². The van der Waals surface area contributed by atoms with Crippen LogP contribution in [0.5, 0.6) is 0 Å². The lowest BCUT2D eigenvalue weighted by Gasteiger charge is -2.23. The molecule has 2 unspecified atom stereocenters. The maximum absolute atomic E-state index is 11.4. The van der Waals surface area contributed by atoms with Crippen LogP contribution in [0.25, 0.3) is 0 Å². The van der Waals surface area contributed by atoms with Crippen LogP contribution in [0, 0.1) is 0 Å². The highest BCUT2D eigenvalue weighted by atomic mass is 32.2. The van der Waals surface area contributed by atoms with Crippen LogP contribution in [0.1, 0.15) is 68.2 Å². The Labute approximate surface area is 130 Å². The van der Waals surface area contributed by atoms with Gasteiger partial charge in [0.05, 0.1) is 5.69 Å². The van der Waals surface area contributed by atoms with Crippen molar-refractivity contribution in [2.45, 2.75) is 64.0 Å². The first-order chi connectivity index (χ1) is 10.2. The highest BCUT2D eigenvalue weighted by Crippen LogP contribution is 2.37. The molecular formula is C16H27N3OS. The molecule has 0 bridgehead atoms. The van der Waals surface area contributed by atoms with Gasteiger partial charge in [-0.2, -0.15) is 0 Å². The molecule has 1 aromatic heterocycles. The van der Waals surface area contributed by atoms with E-state index in [0.717, 1.165) is 31.7 Å². The quantitative estimate of drug-likeness (QED) is 0.909. The molecule has 0 radical (unpaired) electrons. The number of hydrogen-bond acceptors (Lipinski definition) is 3. The molecule has 0 amide bonds. The first kappa shape index (κ1) is 15.2. The number of imidazole rings is 1. The van der Waals surface area contributed by atoms with Gasteiger partial charge in [-0.25, -0.2) is 4.98 Å². The summed E-state index contributed by atoms with van der Waals surface area (Å²) in [6, 6.07) is 0.416. The van der Waals surface area contributed by atoms with Crippen molar-refractivity contribution in [3.8, 4) is 0 Å². The summed E-state index contributed by atoms with van der Waals surface area (Å²) >= 11 is 0. The third kappa shape index (κ3) is 3.24. The molecule has 1 fully saturated rings. The maximum atomic E-state index is 11.4. The molecule has 2 aliphatic rings. The highest BCUT2D eigenvalue weighted by Gasteiger charge is 2.28. The van der Waals surface area contributed by atoms with Crippen molar-refractivity contribution < 1.29 is 4.21 Å².